The number of aliphatic carboxylic acids is 1. The SMILES string of the molecule is CCC(Sc1nnc(C(F)(F)F)n1-c1c(C)cc(C)c2c1CCCC2)C(=O)O. The van der Waals surface area contributed by atoms with Gasteiger partial charge in [-0.2, -0.15) is 13.2 Å². The third-order valence-electron chi connectivity index (χ3n) is 5.04. The summed E-state index contributed by atoms with van der Waals surface area (Å²) in [4.78, 5) is 11.4. The molecule has 1 aromatic carbocycles. The molecular formula is C19H22F3N3O2S. The molecular weight excluding hydrogens is 391 g/mol. The van der Waals surface area contributed by atoms with E-state index in [9.17, 15) is 23.1 Å². The molecule has 0 aliphatic heterocycles. The van der Waals surface area contributed by atoms with Gasteiger partial charge in [0.25, 0.3) is 0 Å². The molecule has 1 aromatic heterocycles. The van der Waals surface area contributed by atoms with E-state index in [1.807, 2.05) is 13.0 Å². The first-order valence-electron chi connectivity index (χ1n) is 9.19. The van der Waals surface area contributed by atoms with Crippen LogP contribution in [-0.2, 0) is 23.8 Å². The molecule has 1 N–H and O–H groups in total. The Morgan fingerprint density at radius 2 is 1.86 bits per heavy atom. The van der Waals surface area contributed by atoms with E-state index in [0.29, 0.717) is 17.7 Å². The van der Waals surface area contributed by atoms with E-state index in [1.165, 1.54) is 0 Å². The lowest BCUT2D eigenvalue weighted by atomic mass is 9.85. The largest absolute Gasteiger partial charge is 0.480 e. The predicted molar refractivity (Wildman–Crippen MR) is 100 cm³/mol. The van der Waals surface area contributed by atoms with Gasteiger partial charge in [0.15, 0.2) is 5.16 Å². The zero-order chi connectivity index (χ0) is 20.6. The van der Waals surface area contributed by atoms with E-state index in [0.717, 1.165) is 52.3 Å². The van der Waals surface area contributed by atoms with Crippen LogP contribution in [0.2, 0.25) is 0 Å². The first-order valence-corrected chi connectivity index (χ1v) is 10.1. The molecule has 1 aliphatic rings. The van der Waals surface area contributed by atoms with Crippen LogP contribution in [0.25, 0.3) is 5.69 Å². The van der Waals surface area contributed by atoms with Crippen LogP contribution in [0.3, 0.4) is 0 Å². The van der Waals surface area contributed by atoms with E-state index in [1.54, 1.807) is 13.8 Å². The molecule has 3 rings (SSSR count). The zero-order valence-corrected chi connectivity index (χ0v) is 16.7. The number of carboxylic acids is 1. The van der Waals surface area contributed by atoms with Crippen LogP contribution in [-0.4, -0.2) is 31.1 Å². The minimum atomic E-state index is -4.70. The number of alkyl halides is 3. The van der Waals surface area contributed by atoms with Crippen molar-refractivity contribution in [2.45, 2.75) is 69.5 Å². The summed E-state index contributed by atoms with van der Waals surface area (Å²) in [6, 6.07) is 1.89. The minimum absolute atomic E-state index is 0.0405. The molecule has 152 valence electrons. The van der Waals surface area contributed by atoms with Crippen molar-refractivity contribution in [1.29, 1.82) is 0 Å². The second kappa shape index (κ2) is 7.77. The van der Waals surface area contributed by atoms with Gasteiger partial charge in [-0.25, -0.2) is 0 Å². The first kappa shape index (κ1) is 20.7. The maximum Gasteiger partial charge on any atom is 0.452 e. The number of aryl methyl sites for hydroxylation is 2. The minimum Gasteiger partial charge on any atom is -0.480 e. The van der Waals surface area contributed by atoms with E-state index in [-0.39, 0.29) is 11.6 Å². The van der Waals surface area contributed by atoms with E-state index in [2.05, 4.69) is 10.2 Å². The number of rotatable bonds is 5. The van der Waals surface area contributed by atoms with Gasteiger partial charge in [0.1, 0.15) is 5.25 Å². The molecule has 1 atom stereocenters. The lowest BCUT2D eigenvalue weighted by Gasteiger charge is -2.25. The summed E-state index contributed by atoms with van der Waals surface area (Å²) < 4.78 is 42.2. The molecule has 0 saturated carbocycles. The highest BCUT2D eigenvalue weighted by molar-refractivity contribution is 8.00. The van der Waals surface area contributed by atoms with Crippen LogP contribution in [0.1, 0.15) is 54.3 Å². The molecule has 0 saturated heterocycles. The molecule has 0 spiro atoms. The molecule has 0 bridgehead atoms. The number of carbonyl (C=O) groups is 1. The number of thioether (sulfide) groups is 1. The molecule has 1 aliphatic carbocycles. The Labute approximate surface area is 165 Å². The summed E-state index contributed by atoms with van der Waals surface area (Å²) in [6.45, 7) is 5.43. The Hall–Kier alpha value is -2.03. The highest BCUT2D eigenvalue weighted by Gasteiger charge is 2.40. The molecule has 1 unspecified atom stereocenters. The second-order valence-corrected chi connectivity index (χ2v) is 8.19. The predicted octanol–water partition coefficient (Wildman–Crippen LogP) is 4.74. The van der Waals surface area contributed by atoms with Gasteiger partial charge in [-0.05, 0) is 68.2 Å². The van der Waals surface area contributed by atoms with Crippen LogP contribution in [0.5, 0.6) is 0 Å². The highest BCUT2D eigenvalue weighted by Crippen LogP contribution is 2.39. The smallest absolute Gasteiger partial charge is 0.452 e. The van der Waals surface area contributed by atoms with Gasteiger partial charge >= 0.3 is 12.1 Å². The van der Waals surface area contributed by atoms with Gasteiger partial charge in [0.05, 0.1) is 5.69 Å². The fourth-order valence-corrected chi connectivity index (χ4v) is 4.69. The lowest BCUT2D eigenvalue weighted by Crippen LogP contribution is -2.20. The quantitative estimate of drug-likeness (QED) is 0.718. The third kappa shape index (κ3) is 3.76. The molecule has 28 heavy (non-hydrogen) atoms. The summed E-state index contributed by atoms with van der Waals surface area (Å²) in [5.74, 6) is -2.20. The lowest BCUT2D eigenvalue weighted by molar-refractivity contribution is -0.146. The van der Waals surface area contributed by atoms with Crippen molar-refractivity contribution in [2.24, 2.45) is 0 Å². The number of carboxylic acid groups (broad SMARTS) is 1. The van der Waals surface area contributed by atoms with Crippen molar-refractivity contribution >= 4 is 17.7 Å². The number of benzene rings is 1. The second-order valence-electron chi connectivity index (χ2n) is 7.02. The zero-order valence-electron chi connectivity index (χ0n) is 15.9. The average molecular weight is 413 g/mol. The van der Waals surface area contributed by atoms with E-state index in [4.69, 9.17) is 0 Å². The van der Waals surface area contributed by atoms with Gasteiger partial charge in [-0.1, -0.05) is 24.8 Å². The molecule has 9 heteroatoms. The van der Waals surface area contributed by atoms with Crippen LogP contribution in [0.4, 0.5) is 13.2 Å². The van der Waals surface area contributed by atoms with Crippen molar-refractivity contribution in [3.63, 3.8) is 0 Å². The van der Waals surface area contributed by atoms with Gasteiger partial charge in [-0.3, -0.25) is 9.36 Å². The summed E-state index contributed by atoms with van der Waals surface area (Å²) in [5.41, 5.74) is 4.19. The monoisotopic (exact) mass is 413 g/mol. The van der Waals surface area contributed by atoms with Gasteiger partial charge in [0.2, 0.25) is 5.82 Å². The van der Waals surface area contributed by atoms with Crippen molar-refractivity contribution in [1.82, 2.24) is 14.8 Å². The maximum absolute atomic E-state index is 13.7. The van der Waals surface area contributed by atoms with Gasteiger partial charge < -0.3 is 5.11 Å². The van der Waals surface area contributed by atoms with E-state index >= 15 is 0 Å². The van der Waals surface area contributed by atoms with Crippen LogP contribution in [0, 0.1) is 13.8 Å². The number of hydrogen-bond acceptors (Lipinski definition) is 4. The van der Waals surface area contributed by atoms with Crippen molar-refractivity contribution < 1.29 is 23.1 Å². The number of halogens is 3. The molecule has 0 radical (unpaired) electrons. The van der Waals surface area contributed by atoms with Crippen LogP contribution in [0.15, 0.2) is 11.2 Å². The Balaban J connectivity index is 2.26. The standard InChI is InChI=1S/C19H22F3N3O2S/c1-4-14(16(26)27)28-18-24-23-17(19(20,21)22)25(18)15-11(3)9-10(2)12-7-5-6-8-13(12)15/h9,14H,4-8H2,1-3H3,(H,26,27). The number of aromatic nitrogens is 3. The number of fused-ring (bicyclic) bond motifs is 1. The summed E-state index contributed by atoms with van der Waals surface area (Å²) in [6.07, 6.45) is -1.02. The van der Waals surface area contributed by atoms with Crippen molar-refractivity contribution in [2.75, 3.05) is 0 Å². The molecule has 5 nitrogen and oxygen atoms in total. The maximum atomic E-state index is 13.7. The molecule has 2 aromatic rings. The fourth-order valence-electron chi connectivity index (χ4n) is 3.80. The Morgan fingerprint density at radius 1 is 1.21 bits per heavy atom. The van der Waals surface area contributed by atoms with Crippen LogP contribution >= 0.6 is 11.8 Å². The Kier molecular flexibility index (Phi) is 5.74. The average Bonchev–Trinajstić information content (AvgIpc) is 3.03. The molecule has 1 heterocycles. The molecule has 0 amide bonds. The normalized spacial score (nSPS) is 15.4. The fraction of sp³-hybridized carbons (Fsp3) is 0.526. The van der Waals surface area contributed by atoms with Gasteiger partial charge in [-0.15, -0.1) is 10.2 Å². The summed E-state index contributed by atoms with van der Waals surface area (Å²) in [7, 11) is 0. The van der Waals surface area contributed by atoms with Crippen LogP contribution < -0.4 is 0 Å². The molecule has 0 fully saturated rings. The van der Waals surface area contributed by atoms with Crippen molar-refractivity contribution in [3.05, 3.63) is 34.1 Å². The summed E-state index contributed by atoms with van der Waals surface area (Å²) in [5, 5.41) is 15.5. The topological polar surface area (TPSA) is 68.0 Å². The van der Waals surface area contributed by atoms with Crippen molar-refractivity contribution in [3.8, 4) is 5.69 Å². The van der Waals surface area contributed by atoms with E-state index < -0.39 is 23.2 Å². The third-order valence-corrected chi connectivity index (χ3v) is 6.34. The number of nitrogens with zero attached hydrogens (tertiary/aromatic N) is 3. The first-order chi connectivity index (χ1) is 13.1. The van der Waals surface area contributed by atoms with Gasteiger partial charge in [0, 0.05) is 0 Å². The Morgan fingerprint density at radius 3 is 2.43 bits per heavy atom. The number of hydrogen-bond donors (Lipinski definition) is 1. The highest BCUT2D eigenvalue weighted by atomic mass is 32.2. The summed E-state index contributed by atoms with van der Waals surface area (Å²) >= 11 is 0.809. The Bertz CT molecular complexity index is 909.